The molecule has 0 radical (unpaired) electrons. The molecule has 0 aliphatic carbocycles. The standard InChI is InChI=1S/C12H21N3O4/c1-3-5-9(11(17)18)13-12(19)15-7-4-6-14(2)10(16)8-15/h9H,3-8H2,1-2H3,(H,13,19)(H,17,18). The van der Waals surface area contributed by atoms with Gasteiger partial charge in [0.25, 0.3) is 0 Å². The van der Waals surface area contributed by atoms with Gasteiger partial charge in [-0.2, -0.15) is 0 Å². The molecule has 7 heteroatoms. The number of rotatable bonds is 4. The van der Waals surface area contributed by atoms with Crippen LogP contribution in [0.5, 0.6) is 0 Å². The summed E-state index contributed by atoms with van der Waals surface area (Å²) in [7, 11) is 1.70. The van der Waals surface area contributed by atoms with Gasteiger partial charge in [-0.15, -0.1) is 0 Å². The first-order valence-electron chi connectivity index (χ1n) is 6.48. The summed E-state index contributed by atoms with van der Waals surface area (Å²) in [6, 6.07) is -1.38. The van der Waals surface area contributed by atoms with Crippen LogP contribution in [-0.2, 0) is 9.59 Å². The first kappa shape index (κ1) is 15.3. The number of nitrogens with zero attached hydrogens (tertiary/aromatic N) is 2. The fourth-order valence-electron chi connectivity index (χ4n) is 1.95. The van der Waals surface area contributed by atoms with Crippen LogP contribution in [0, 0.1) is 0 Å². The van der Waals surface area contributed by atoms with Crippen LogP contribution in [0.4, 0.5) is 4.79 Å². The number of carbonyl (C=O) groups excluding carboxylic acids is 2. The van der Waals surface area contributed by atoms with E-state index in [4.69, 9.17) is 5.11 Å². The molecule has 108 valence electrons. The maximum Gasteiger partial charge on any atom is 0.326 e. The van der Waals surface area contributed by atoms with E-state index >= 15 is 0 Å². The van der Waals surface area contributed by atoms with E-state index in [1.165, 1.54) is 4.90 Å². The molecule has 3 amide bonds. The van der Waals surface area contributed by atoms with Crippen molar-refractivity contribution in [3.05, 3.63) is 0 Å². The minimum Gasteiger partial charge on any atom is -0.480 e. The summed E-state index contributed by atoms with van der Waals surface area (Å²) < 4.78 is 0. The Morgan fingerprint density at radius 1 is 1.42 bits per heavy atom. The topological polar surface area (TPSA) is 90.0 Å². The van der Waals surface area contributed by atoms with Gasteiger partial charge in [0.15, 0.2) is 0 Å². The molecule has 1 atom stereocenters. The second-order valence-corrected chi connectivity index (χ2v) is 4.72. The van der Waals surface area contributed by atoms with Gasteiger partial charge in [-0.05, 0) is 12.8 Å². The largest absolute Gasteiger partial charge is 0.480 e. The Kier molecular flexibility index (Phi) is 5.59. The molecule has 1 heterocycles. The summed E-state index contributed by atoms with van der Waals surface area (Å²) in [5.41, 5.74) is 0. The number of likely N-dealkylation sites (N-methyl/N-ethyl adjacent to an activating group) is 1. The van der Waals surface area contributed by atoms with E-state index < -0.39 is 18.0 Å². The van der Waals surface area contributed by atoms with Crippen LogP contribution in [-0.4, -0.2) is 65.5 Å². The normalized spacial score (nSPS) is 17.9. The van der Waals surface area contributed by atoms with Crippen LogP contribution < -0.4 is 5.32 Å². The molecule has 1 rings (SSSR count). The number of urea groups is 1. The summed E-state index contributed by atoms with van der Waals surface area (Å²) in [6.07, 6.45) is 1.74. The molecule has 0 saturated carbocycles. The molecule has 2 N–H and O–H groups in total. The zero-order chi connectivity index (χ0) is 14.4. The van der Waals surface area contributed by atoms with Gasteiger partial charge in [-0.25, -0.2) is 9.59 Å². The summed E-state index contributed by atoms with van der Waals surface area (Å²) in [6.45, 7) is 2.92. The second-order valence-electron chi connectivity index (χ2n) is 4.72. The van der Waals surface area contributed by atoms with E-state index in [9.17, 15) is 14.4 Å². The zero-order valence-electron chi connectivity index (χ0n) is 11.4. The fraction of sp³-hybridized carbons (Fsp3) is 0.750. The van der Waals surface area contributed by atoms with Gasteiger partial charge in [0.05, 0.1) is 0 Å². The highest BCUT2D eigenvalue weighted by atomic mass is 16.4. The number of carbonyl (C=O) groups is 3. The van der Waals surface area contributed by atoms with E-state index in [0.29, 0.717) is 32.4 Å². The minimum absolute atomic E-state index is 0.000791. The predicted octanol–water partition coefficient (Wildman–Crippen LogP) is 0.113. The monoisotopic (exact) mass is 271 g/mol. The molecule has 0 aromatic rings. The molecule has 0 aromatic heterocycles. The van der Waals surface area contributed by atoms with E-state index in [0.717, 1.165) is 0 Å². The Labute approximate surface area is 112 Å². The molecule has 19 heavy (non-hydrogen) atoms. The minimum atomic E-state index is -1.05. The van der Waals surface area contributed by atoms with Crippen LogP contribution in [0.2, 0.25) is 0 Å². The van der Waals surface area contributed by atoms with Gasteiger partial charge in [-0.1, -0.05) is 13.3 Å². The third kappa shape index (κ3) is 4.42. The Morgan fingerprint density at radius 2 is 2.11 bits per heavy atom. The lowest BCUT2D eigenvalue weighted by atomic mass is 10.2. The molecule has 0 bridgehead atoms. The van der Waals surface area contributed by atoms with Crippen LogP contribution in [0.15, 0.2) is 0 Å². The third-order valence-electron chi connectivity index (χ3n) is 3.13. The molecule has 1 aliphatic heterocycles. The number of aliphatic carboxylic acids is 1. The third-order valence-corrected chi connectivity index (χ3v) is 3.13. The lowest BCUT2D eigenvalue weighted by molar-refractivity contribution is -0.139. The molecule has 0 aromatic carbocycles. The molecule has 1 unspecified atom stereocenters. The molecule has 0 spiro atoms. The number of carboxylic acid groups (broad SMARTS) is 1. The number of nitrogens with one attached hydrogen (secondary N) is 1. The predicted molar refractivity (Wildman–Crippen MR) is 68.7 cm³/mol. The molecule has 1 saturated heterocycles. The lowest BCUT2D eigenvalue weighted by Gasteiger charge is -2.22. The maximum atomic E-state index is 12.0. The van der Waals surface area contributed by atoms with Gasteiger partial charge in [0, 0.05) is 20.1 Å². The van der Waals surface area contributed by atoms with E-state index in [-0.39, 0.29) is 12.5 Å². The van der Waals surface area contributed by atoms with Gasteiger partial charge in [-0.3, -0.25) is 4.79 Å². The number of hydrogen-bond acceptors (Lipinski definition) is 3. The molecule has 1 aliphatic rings. The number of amides is 3. The Morgan fingerprint density at radius 3 is 2.68 bits per heavy atom. The average Bonchev–Trinajstić information content (AvgIpc) is 2.51. The zero-order valence-corrected chi connectivity index (χ0v) is 11.4. The average molecular weight is 271 g/mol. The van der Waals surface area contributed by atoms with E-state index in [2.05, 4.69) is 5.32 Å². The van der Waals surface area contributed by atoms with E-state index in [1.54, 1.807) is 11.9 Å². The molecular formula is C12H21N3O4. The quantitative estimate of drug-likeness (QED) is 0.759. The van der Waals surface area contributed by atoms with Gasteiger partial charge < -0.3 is 20.2 Å². The molecular weight excluding hydrogens is 250 g/mol. The van der Waals surface area contributed by atoms with Crippen molar-refractivity contribution < 1.29 is 19.5 Å². The Bertz CT molecular complexity index is 359. The van der Waals surface area contributed by atoms with E-state index in [1.807, 2.05) is 6.92 Å². The summed E-state index contributed by atoms with van der Waals surface area (Å²) in [5.74, 6) is -1.18. The highest BCUT2D eigenvalue weighted by Crippen LogP contribution is 2.04. The van der Waals surface area contributed by atoms with Crippen molar-refractivity contribution in [2.24, 2.45) is 0 Å². The van der Waals surface area contributed by atoms with Crippen LogP contribution in [0.3, 0.4) is 0 Å². The van der Waals surface area contributed by atoms with Gasteiger partial charge >= 0.3 is 12.0 Å². The number of hydrogen-bond donors (Lipinski definition) is 2. The van der Waals surface area contributed by atoms with Crippen molar-refractivity contribution in [1.82, 2.24) is 15.1 Å². The van der Waals surface area contributed by atoms with Crippen molar-refractivity contribution in [2.75, 3.05) is 26.7 Å². The Balaban J connectivity index is 2.60. The van der Waals surface area contributed by atoms with Crippen molar-refractivity contribution in [3.63, 3.8) is 0 Å². The highest BCUT2D eigenvalue weighted by molar-refractivity contribution is 5.86. The molecule has 7 nitrogen and oxygen atoms in total. The second kappa shape index (κ2) is 6.96. The first-order valence-corrected chi connectivity index (χ1v) is 6.48. The summed E-state index contributed by atoms with van der Waals surface area (Å²) in [5, 5.41) is 11.5. The highest BCUT2D eigenvalue weighted by Gasteiger charge is 2.26. The number of carboxylic acids is 1. The smallest absolute Gasteiger partial charge is 0.326 e. The van der Waals surface area contributed by atoms with Crippen LogP contribution >= 0.6 is 0 Å². The molecule has 1 fully saturated rings. The van der Waals surface area contributed by atoms with Crippen LogP contribution in [0.1, 0.15) is 26.2 Å². The fourth-order valence-corrected chi connectivity index (χ4v) is 1.95. The van der Waals surface area contributed by atoms with Crippen molar-refractivity contribution >= 4 is 17.9 Å². The summed E-state index contributed by atoms with van der Waals surface area (Å²) in [4.78, 5) is 37.6. The van der Waals surface area contributed by atoms with Gasteiger partial charge in [0.1, 0.15) is 12.6 Å². The SMILES string of the molecule is CCCC(NC(=O)N1CCCN(C)C(=O)C1)C(=O)O. The van der Waals surface area contributed by atoms with Crippen molar-refractivity contribution in [3.8, 4) is 0 Å². The van der Waals surface area contributed by atoms with Gasteiger partial charge in [0.2, 0.25) is 5.91 Å². The summed E-state index contributed by atoms with van der Waals surface area (Å²) >= 11 is 0. The van der Waals surface area contributed by atoms with Crippen molar-refractivity contribution in [2.45, 2.75) is 32.2 Å². The maximum absolute atomic E-state index is 12.0. The van der Waals surface area contributed by atoms with Crippen LogP contribution in [0.25, 0.3) is 0 Å². The lowest BCUT2D eigenvalue weighted by Crippen LogP contribution is -2.49. The first-order chi connectivity index (χ1) is 8.95. The van der Waals surface area contributed by atoms with Crippen molar-refractivity contribution in [1.29, 1.82) is 0 Å². The Hall–Kier alpha value is -1.79.